The number of anilines is 1. The van der Waals surface area contributed by atoms with Crippen LogP contribution in [0.4, 0.5) is 5.95 Å². The quantitative estimate of drug-likeness (QED) is 0.768. The third-order valence-electron chi connectivity index (χ3n) is 2.13. The van der Waals surface area contributed by atoms with Crippen LogP contribution in [0, 0.1) is 6.92 Å². The van der Waals surface area contributed by atoms with Crippen LogP contribution in [0.3, 0.4) is 0 Å². The Morgan fingerprint density at radius 2 is 2.08 bits per heavy atom. The van der Waals surface area contributed by atoms with Gasteiger partial charge in [0.15, 0.2) is 0 Å². The van der Waals surface area contributed by atoms with Crippen LogP contribution in [0.25, 0.3) is 11.0 Å². The van der Waals surface area contributed by atoms with Crippen molar-refractivity contribution >= 4 is 34.0 Å². The van der Waals surface area contributed by atoms with Crippen LogP contribution < -0.4 is 5.73 Å². The number of halogens is 1. The van der Waals surface area contributed by atoms with Crippen molar-refractivity contribution in [3.8, 4) is 0 Å². The summed E-state index contributed by atoms with van der Waals surface area (Å²) in [6.07, 6.45) is 0. The van der Waals surface area contributed by atoms with Crippen LogP contribution >= 0.6 is 17.0 Å². The number of rotatable bonds is 0. The summed E-state index contributed by atoms with van der Waals surface area (Å²) in [6.45, 7) is 2.06. The molecule has 0 atom stereocenters. The Kier molecular flexibility index (Phi) is 2.61. The lowest BCUT2D eigenvalue weighted by atomic mass is 10.2. The molecule has 2 rings (SSSR count). The Morgan fingerprint density at radius 3 is 2.69 bits per heavy atom. The maximum absolute atomic E-state index is 5.67. The molecule has 0 aliphatic rings. The number of hydrogen-bond donors (Lipinski definition) is 1. The number of benzene rings is 1. The summed E-state index contributed by atoms with van der Waals surface area (Å²) in [5.41, 5.74) is 8.97. The highest BCUT2D eigenvalue weighted by molar-refractivity contribution is 8.93. The van der Waals surface area contributed by atoms with Crippen molar-refractivity contribution in [3.63, 3.8) is 0 Å². The van der Waals surface area contributed by atoms with E-state index in [-0.39, 0.29) is 17.0 Å². The van der Waals surface area contributed by atoms with Crippen LogP contribution in [-0.4, -0.2) is 9.55 Å². The number of nitrogen functional groups attached to an aromatic ring is 1. The van der Waals surface area contributed by atoms with Crippen molar-refractivity contribution in [2.45, 2.75) is 6.92 Å². The predicted octanol–water partition coefficient (Wildman–Crippen LogP) is 2.04. The monoisotopic (exact) mass is 241 g/mol. The van der Waals surface area contributed by atoms with E-state index in [0.29, 0.717) is 5.95 Å². The van der Waals surface area contributed by atoms with Gasteiger partial charge < -0.3 is 10.3 Å². The van der Waals surface area contributed by atoms with E-state index in [1.54, 1.807) is 0 Å². The molecule has 3 nitrogen and oxygen atoms in total. The second-order valence-corrected chi connectivity index (χ2v) is 2.97. The van der Waals surface area contributed by atoms with Gasteiger partial charge in [0, 0.05) is 7.05 Å². The van der Waals surface area contributed by atoms with Crippen molar-refractivity contribution < 1.29 is 0 Å². The minimum absolute atomic E-state index is 0. The Bertz CT molecular complexity index is 434. The molecular weight excluding hydrogens is 230 g/mol. The number of aryl methyl sites for hydroxylation is 2. The molecule has 0 bridgehead atoms. The molecule has 0 saturated carbocycles. The van der Waals surface area contributed by atoms with Gasteiger partial charge in [-0.2, -0.15) is 0 Å². The van der Waals surface area contributed by atoms with Gasteiger partial charge >= 0.3 is 0 Å². The van der Waals surface area contributed by atoms with Crippen LogP contribution in [0.2, 0.25) is 0 Å². The van der Waals surface area contributed by atoms with E-state index in [0.717, 1.165) is 11.0 Å². The fraction of sp³-hybridized carbons (Fsp3) is 0.222. The molecule has 1 heterocycles. The van der Waals surface area contributed by atoms with Gasteiger partial charge in [-0.25, -0.2) is 4.98 Å². The number of fused-ring (bicyclic) bond motifs is 1. The van der Waals surface area contributed by atoms with Gasteiger partial charge in [0.25, 0.3) is 0 Å². The molecule has 0 aliphatic heterocycles. The summed E-state index contributed by atoms with van der Waals surface area (Å²) in [5, 5.41) is 0. The van der Waals surface area contributed by atoms with Gasteiger partial charge in [-0.15, -0.1) is 17.0 Å². The summed E-state index contributed by atoms with van der Waals surface area (Å²) in [6, 6.07) is 6.02. The van der Waals surface area contributed by atoms with Gasteiger partial charge in [-0.05, 0) is 18.6 Å². The van der Waals surface area contributed by atoms with Gasteiger partial charge in [-0.3, -0.25) is 0 Å². The van der Waals surface area contributed by atoms with Crippen LogP contribution in [-0.2, 0) is 7.05 Å². The van der Waals surface area contributed by atoms with E-state index < -0.39 is 0 Å². The fourth-order valence-electron chi connectivity index (χ4n) is 1.48. The first-order valence-electron chi connectivity index (χ1n) is 3.87. The summed E-state index contributed by atoms with van der Waals surface area (Å²) in [5.74, 6) is 0.569. The zero-order chi connectivity index (χ0) is 8.72. The largest absolute Gasteiger partial charge is 0.369 e. The van der Waals surface area contributed by atoms with Gasteiger partial charge in [0.1, 0.15) is 0 Å². The highest BCUT2D eigenvalue weighted by Crippen LogP contribution is 2.19. The molecule has 0 radical (unpaired) electrons. The highest BCUT2D eigenvalue weighted by Gasteiger charge is 2.05. The average molecular weight is 242 g/mol. The van der Waals surface area contributed by atoms with Gasteiger partial charge in [0.05, 0.1) is 11.0 Å². The minimum atomic E-state index is 0. The van der Waals surface area contributed by atoms with E-state index in [2.05, 4.69) is 18.0 Å². The van der Waals surface area contributed by atoms with Crippen LogP contribution in [0.15, 0.2) is 18.2 Å². The molecule has 0 unspecified atom stereocenters. The molecule has 0 saturated heterocycles. The molecule has 2 N–H and O–H groups in total. The number of para-hydroxylation sites is 1. The van der Waals surface area contributed by atoms with Crippen molar-refractivity contribution in [1.29, 1.82) is 0 Å². The molecule has 2 aromatic rings. The molecule has 1 aromatic heterocycles. The Labute approximate surface area is 87.3 Å². The Hall–Kier alpha value is -1.03. The van der Waals surface area contributed by atoms with Crippen molar-refractivity contribution in [2.24, 2.45) is 7.05 Å². The Morgan fingerprint density at radius 1 is 1.38 bits per heavy atom. The molecule has 0 spiro atoms. The Balaban J connectivity index is 0.000000845. The van der Waals surface area contributed by atoms with E-state index >= 15 is 0 Å². The minimum Gasteiger partial charge on any atom is -0.369 e. The smallest absolute Gasteiger partial charge is 0.200 e. The van der Waals surface area contributed by atoms with Gasteiger partial charge in [0.2, 0.25) is 5.95 Å². The molecule has 0 aliphatic carbocycles. The molecule has 0 amide bonds. The predicted molar refractivity (Wildman–Crippen MR) is 60.2 cm³/mol. The van der Waals surface area contributed by atoms with E-state index in [1.807, 2.05) is 23.7 Å². The number of nitrogens with two attached hydrogens (primary N) is 1. The normalized spacial score (nSPS) is 10.0. The van der Waals surface area contributed by atoms with Crippen molar-refractivity contribution in [1.82, 2.24) is 9.55 Å². The van der Waals surface area contributed by atoms with Gasteiger partial charge in [-0.1, -0.05) is 12.1 Å². The third-order valence-corrected chi connectivity index (χ3v) is 2.13. The average Bonchev–Trinajstić information content (AvgIpc) is 2.29. The zero-order valence-electron chi connectivity index (χ0n) is 7.61. The lowest BCUT2D eigenvalue weighted by molar-refractivity contribution is 0.961. The number of imidazole rings is 1. The second kappa shape index (κ2) is 3.38. The summed E-state index contributed by atoms with van der Waals surface area (Å²) in [7, 11) is 1.93. The van der Waals surface area contributed by atoms with E-state index in [1.165, 1.54) is 5.56 Å². The molecule has 70 valence electrons. The van der Waals surface area contributed by atoms with E-state index in [4.69, 9.17) is 5.73 Å². The third kappa shape index (κ3) is 1.42. The molecule has 1 aromatic carbocycles. The maximum atomic E-state index is 5.67. The first-order chi connectivity index (χ1) is 5.70. The SMILES string of the molecule is Br.Cc1cccc2nc(N)n(C)c12. The zero-order valence-corrected chi connectivity index (χ0v) is 9.33. The first kappa shape index (κ1) is 10.1. The van der Waals surface area contributed by atoms with Crippen LogP contribution in [0.1, 0.15) is 5.56 Å². The molecule has 4 heteroatoms. The van der Waals surface area contributed by atoms with E-state index in [9.17, 15) is 0 Å². The number of hydrogen-bond acceptors (Lipinski definition) is 2. The molecular formula is C9H12BrN3. The van der Waals surface area contributed by atoms with Crippen LogP contribution in [0.5, 0.6) is 0 Å². The highest BCUT2D eigenvalue weighted by atomic mass is 79.9. The first-order valence-corrected chi connectivity index (χ1v) is 3.87. The lowest BCUT2D eigenvalue weighted by Crippen LogP contribution is -1.96. The van der Waals surface area contributed by atoms with Crippen molar-refractivity contribution in [2.75, 3.05) is 5.73 Å². The summed E-state index contributed by atoms with van der Waals surface area (Å²) >= 11 is 0. The topological polar surface area (TPSA) is 43.8 Å². The standard InChI is InChI=1S/C9H11N3.BrH/c1-6-4-3-5-7-8(6)12(2)9(10)11-7;/h3-5H,1-2H3,(H2,10,11);1H. The maximum Gasteiger partial charge on any atom is 0.200 e. The van der Waals surface area contributed by atoms with Crippen molar-refractivity contribution in [3.05, 3.63) is 23.8 Å². The summed E-state index contributed by atoms with van der Waals surface area (Å²) < 4.78 is 1.91. The lowest BCUT2D eigenvalue weighted by Gasteiger charge is -1.98. The molecule has 0 fully saturated rings. The number of nitrogens with zero attached hydrogens (tertiary/aromatic N) is 2. The second-order valence-electron chi connectivity index (χ2n) is 2.97. The molecule has 13 heavy (non-hydrogen) atoms. The fourth-order valence-corrected chi connectivity index (χ4v) is 1.48. The number of aromatic nitrogens is 2. The summed E-state index contributed by atoms with van der Waals surface area (Å²) in [4.78, 5) is 4.21.